The highest BCUT2D eigenvalue weighted by atomic mass is 16.2. The molecule has 1 atom stereocenters. The molecule has 1 unspecified atom stereocenters. The van der Waals surface area contributed by atoms with E-state index in [0.717, 1.165) is 24.2 Å². The fourth-order valence-electron chi connectivity index (χ4n) is 2.21. The molecule has 1 aromatic heterocycles. The first-order valence-corrected chi connectivity index (χ1v) is 6.63. The number of rotatable bonds is 4. The van der Waals surface area contributed by atoms with Crippen molar-refractivity contribution in [3.05, 3.63) is 36.9 Å². The molecule has 1 fully saturated rings. The maximum atomic E-state index is 12.2. The minimum atomic E-state index is -0.799. The van der Waals surface area contributed by atoms with Gasteiger partial charge in [-0.1, -0.05) is 6.07 Å². The van der Waals surface area contributed by atoms with Gasteiger partial charge in [0, 0.05) is 5.69 Å². The van der Waals surface area contributed by atoms with Gasteiger partial charge in [-0.3, -0.25) is 9.36 Å². The lowest BCUT2D eigenvalue weighted by atomic mass is 9.96. The number of nitrogens with one attached hydrogen (secondary N) is 1. The summed E-state index contributed by atoms with van der Waals surface area (Å²) in [6, 6.07) is 7.50. The molecule has 0 aliphatic heterocycles. The highest BCUT2D eigenvalue weighted by molar-refractivity contribution is 5.98. The molecular weight excluding hydrogens is 254 g/mol. The fraction of sp³-hybridized carbons (Fsp3) is 0.357. The van der Waals surface area contributed by atoms with Gasteiger partial charge in [-0.2, -0.15) is 0 Å². The highest BCUT2D eigenvalue weighted by Gasteiger charge is 2.44. The Labute approximate surface area is 117 Å². The minimum Gasteiger partial charge on any atom is -0.324 e. The van der Waals surface area contributed by atoms with Crippen LogP contribution >= 0.6 is 0 Å². The summed E-state index contributed by atoms with van der Waals surface area (Å²) in [5.74, 6) is 0.157. The number of aromatic nitrogens is 3. The molecule has 3 rings (SSSR count). The normalized spacial score (nSPS) is 17.5. The van der Waals surface area contributed by atoms with Crippen LogP contribution in [-0.4, -0.2) is 26.2 Å². The SMILES string of the molecule is CC(N)(C(=O)Nc1cccc(-n2cnnc2)c1)C1CC1. The molecule has 1 aliphatic rings. The molecule has 1 saturated carbocycles. The molecule has 1 heterocycles. The summed E-state index contributed by atoms with van der Waals surface area (Å²) in [6.07, 6.45) is 5.28. The van der Waals surface area contributed by atoms with Crippen molar-refractivity contribution in [1.29, 1.82) is 0 Å². The van der Waals surface area contributed by atoms with Gasteiger partial charge in [0.1, 0.15) is 12.7 Å². The van der Waals surface area contributed by atoms with Gasteiger partial charge in [0.05, 0.1) is 11.2 Å². The summed E-state index contributed by atoms with van der Waals surface area (Å²) in [4.78, 5) is 12.2. The van der Waals surface area contributed by atoms with E-state index in [1.165, 1.54) is 0 Å². The first-order valence-electron chi connectivity index (χ1n) is 6.63. The summed E-state index contributed by atoms with van der Waals surface area (Å²) in [5.41, 5.74) is 6.92. The summed E-state index contributed by atoms with van der Waals surface area (Å²) in [7, 11) is 0. The van der Waals surface area contributed by atoms with Crippen LogP contribution < -0.4 is 11.1 Å². The predicted octanol–water partition coefficient (Wildman–Crippen LogP) is 1.33. The van der Waals surface area contributed by atoms with Gasteiger partial charge < -0.3 is 11.1 Å². The van der Waals surface area contributed by atoms with Crippen molar-refractivity contribution in [2.45, 2.75) is 25.3 Å². The Morgan fingerprint density at radius 3 is 2.75 bits per heavy atom. The molecule has 0 saturated heterocycles. The Bertz CT molecular complexity index is 616. The topological polar surface area (TPSA) is 85.8 Å². The number of hydrogen-bond donors (Lipinski definition) is 2. The van der Waals surface area contributed by atoms with Crippen LogP contribution in [0.25, 0.3) is 5.69 Å². The maximum absolute atomic E-state index is 12.2. The van der Waals surface area contributed by atoms with Crippen LogP contribution in [0, 0.1) is 5.92 Å². The standard InChI is InChI=1S/C14H17N5O/c1-14(15,10-5-6-10)13(20)18-11-3-2-4-12(7-11)19-8-16-17-9-19/h2-4,7-10H,5-6,15H2,1H3,(H,18,20). The molecule has 20 heavy (non-hydrogen) atoms. The molecule has 0 radical (unpaired) electrons. The van der Waals surface area contributed by atoms with Gasteiger partial charge in [0.25, 0.3) is 0 Å². The molecular formula is C14H17N5O. The number of nitrogens with zero attached hydrogens (tertiary/aromatic N) is 3. The van der Waals surface area contributed by atoms with Gasteiger partial charge >= 0.3 is 0 Å². The number of carbonyl (C=O) groups excluding carboxylic acids is 1. The molecule has 104 valence electrons. The van der Waals surface area contributed by atoms with Crippen molar-refractivity contribution in [2.75, 3.05) is 5.32 Å². The third-order valence-corrected chi connectivity index (χ3v) is 3.74. The van der Waals surface area contributed by atoms with E-state index in [2.05, 4.69) is 15.5 Å². The van der Waals surface area contributed by atoms with E-state index in [1.807, 2.05) is 24.3 Å². The first kappa shape index (κ1) is 12.8. The van der Waals surface area contributed by atoms with Crippen molar-refractivity contribution in [3.8, 4) is 5.69 Å². The van der Waals surface area contributed by atoms with Gasteiger partial charge in [-0.15, -0.1) is 10.2 Å². The third-order valence-electron chi connectivity index (χ3n) is 3.74. The van der Waals surface area contributed by atoms with Gasteiger partial charge in [-0.25, -0.2) is 0 Å². The summed E-state index contributed by atoms with van der Waals surface area (Å²) < 4.78 is 1.78. The van der Waals surface area contributed by atoms with E-state index in [-0.39, 0.29) is 5.91 Å². The van der Waals surface area contributed by atoms with Crippen LogP contribution in [0.1, 0.15) is 19.8 Å². The molecule has 6 heteroatoms. The number of anilines is 1. The van der Waals surface area contributed by atoms with E-state index in [0.29, 0.717) is 5.92 Å². The molecule has 3 N–H and O–H groups in total. The van der Waals surface area contributed by atoms with Crippen molar-refractivity contribution in [3.63, 3.8) is 0 Å². The second kappa shape index (κ2) is 4.72. The summed E-state index contributed by atoms with van der Waals surface area (Å²) in [6.45, 7) is 1.80. The fourth-order valence-corrected chi connectivity index (χ4v) is 2.21. The Balaban J connectivity index is 1.78. The lowest BCUT2D eigenvalue weighted by Crippen LogP contribution is -2.50. The highest BCUT2D eigenvalue weighted by Crippen LogP contribution is 2.38. The lowest BCUT2D eigenvalue weighted by molar-refractivity contribution is -0.121. The number of carbonyl (C=O) groups is 1. The van der Waals surface area contributed by atoms with Crippen molar-refractivity contribution >= 4 is 11.6 Å². The summed E-state index contributed by atoms with van der Waals surface area (Å²) >= 11 is 0. The zero-order valence-corrected chi connectivity index (χ0v) is 11.3. The largest absolute Gasteiger partial charge is 0.324 e. The zero-order chi connectivity index (χ0) is 14.2. The van der Waals surface area contributed by atoms with Crippen LogP contribution in [0.3, 0.4) is 0 Å². The van der Waals surface area contributed by atoms with E-state index in [9.17, 15) is 4.79 Å². The van der Waals surface area contributed by atoms with Crippen LogP contribution in [0.15, 0.2) is 36.9 Å². The molecule has 0 spiro atoms. The Hall–Kier alpha value is -2.21. The van der Waals surface area contributed by atoms with E-state index >= 15 is 0 Å². The smallest absolute Gasteiger partial charge is 0.244 e. The Kier molecular flexibility index (Phi) is 3.02. The summed E-state index contributed by atoms with van der Waals surface area (Å²) in [5, 5.41) is 10.4. The van der Waals surface area contributed by atoms with Gasteiger partial charge in [-0.05, 0) is 43.9 Å². The van der Waals surface area contributed by atoms with E-state index < -0.39 is 5.54 Å². The van der Waals surface area contributed by atoms with Gasteiger partial charge in [0.15, 0.2) is 0 Å². The quantitative estimate of drug-likeness (QED) is 0.878. The number of benzene rings is 1. The molecule has 1 amide bonds. The Morgan fingerprint density at radius 2 is 2.10 bits per heavy atom. The van der Waals surface area contributed by atoms with E-state index in [4.69, 9.17) is 5.73 Å². The number of hydrogen-bond acceptors (Lipinski definition) is 4. The average molecular weight is 271 g/mol. The lowest BCUT2D eigenvalue weighted by Gasteiger charge is -2.23. The van der Waals surface area contributed by atoms with Crippen LogP contribution in [0.5, 0.6) is 0 Å². The van der Waals surface area contributed by atoms with Crippen LogP contribution in [0.2, 0.25) is 0 Å². The molecule has 0 bridgehead atoms. The first-order chi connectivity index (χ1) is 9.57. The predicted molar refractivity (Wildman–Crippen MR) is 75.3 cm³/mol. The Morgan fingerprint density at radius 1 is 1.40 bits per heavy atom. The molecule has 1 aromatic carbocycles. The van der Waals surface area contributed by atoms with Crippen molar-refractivity contribution in [2.24, 2.45) is 11.7 Å². The second-order valence-corrected chi connectivity index (χ2v) is 5.43. The van der Waals surface area contributed by atoms with Crippen LogP contribution in [-0.2, 0) is 4.79 Å². The minimum absolute atomic E-state index is 0.138. The molecule has 1 aliphatic carbocycles. The second-order valence-electron chi connectivity index (χ2n) is 5.43. The average Bonchev–Trinajstić information content (AvgIpc) is 3.15. The zero-order valence-electron chi connectivity index (χ0n) is 11.3. The number of amides is 1. The monoisotopic (exact) mass is 271 g/mol. The van der Waals surface area contributed by atoms with Crippen molar-refractivity contribution in [1.82, 2.24) is 14.8 Å². The van der Waals surface area contributed by atoms with Crippen molar-refractivity contribution < 1.29 is 4.79 Å². The number of nitrogens with two attached hydrogens (primary N) is 1. The maximum Gasteiger partial charge on any atom is 0.244 e. The molecule has 2 aromatic rings. The van der Waals surface area contributed by atoms with E-state index in [1.54, 1.807) is 24.1 Å². The van der Waals surface area contributed by atoms with Crippen LogP contribution in [0.4, 0.5) is 5.69 Å². The molecule has 6 nitrogen and oxygen atoms in total. The van der Waals surface area contributed by atoms with Gasteiger partial charge in [0.2, 0.25) is 5.91 Å². The third kappa shape index (κ3) is 2.42.